The number of anilines is 1. The van der Waals surface area contributed by atoms with Gasteiger partial charge >= 0.3 is 0 Å². The second-order valence-electron chi connectivity index (χ2n) is 6.34. The fraction of sp³-hybridized carbons (Fsp3) is 0.450. The van der Waals surface area contributed by atoms with Crippen LogP contribution in [-0.2, 0) is 11.2 Å². The van der Waals surface area contributed by atoms with Gasteiger partial charge < -0.3 is 5.32 Å². The van der Waals surface area contributed by atoms with Crippen molar-refractivity contribution in [2.45, 2.75) is 58.9 Å². The summed E-state index contributed by atoms with van der Waals surface area (Å²) in [5.74, 6) is 0.505. The van der Waals surface area contributed by atoms with E-state index in [9.17, 15) is 9.59 Å². The Kier molecular flexibility index (Phi) is 6.92. The fourth-order valence-electron chi connectivity index (χ4n) is 2.66. The van der Waals surface area contributed by atoms with Gasteiger partial charge in [-0.2, -0.15) is 5.10 Å². The lowest BCUT2D eigenvalue weighted by Gasteiger charge is -2.14. The van der Waals surface area contributed by atoms with Crippen LogP contribution in [0.2, 0.25) is 0 Å². The molecular formula is C20H27N3O2. The lowest BCUT2D eigenvalue weighted by Crippen LogP contribution is -2.18. The zero-order valence-electron chi connectivity index (χ0n) is 15.3. The van der Waals surface area contributed by atoms with Crippen LogP contribution < -0.4 is 5.32 Å². The van der Waals surface area contributed by atoms with Gasteiger partial charge in [0.25, 0.3) is 0 Å². The van der Waals surface area contributed by atoms with E-state index in [4.69, 9.17) is 0 Å². The topological polar surface area (TPSA) is 64.0 Å². The molecule has 0 aliphatic heterocycles. The number of aryl methyl sites for hydroxylation is 1. The maximum Gasteiger partial charge on any atom is 0.225 e. The van der Waals surface area contributed by atoms with Gasteiger partial charge in [-0.1, -0.05) is 44.5 Å². The molecule has 1 heterocycles. The van der Waals surface area contributed by atoms with Gasteiger partial charge in [0.15, 0.2) is 5.78 Å². The third kappa shape index (κ3) is 5.28. The monoisotopic (exact) mass is 341 g/mol. The highest BCUT2D eigenvalue weighted by Gasteiger charge is 2.13. The number of nitrogens with zero attached hydrogens (tertiary/aromatic N) is 2. The highest BCUT2D eigenvalue weighted by molar-refractivity contribution is 5.99. The Morgan fingerprint density at radius 2 is 1.84 bits per heavy atom. The molecule has 0 fully saturated rings. The van der Waals surface area contributed by atoms with Crippen molar-refractivity contribution in [1.82, 2.24) is 9.78 Å². The van der Waals surface area contributed by atoms with Crippen LogP contribution in [0.3, 0.4) is 0 Å². The molecule has 0 saturated heterocycles. The first-order chi connectivity index (χ1) is 12.0. The number of ketones is 1. The molecule has 1 unspecified atom stereocenters. The molecule has 1 atom stereocenters. The zero-order valence-corrected chi connectivity index (χ0v) is 15.3. The van der Waals surface area contributed by atoms with E-state index in [1.165, 1.54) is 5.56 Å². The molecule has 0 radical (unpaired) electrons. The van der Waals surface area contributed by atoms with Crippen molar-refractivity contribution < 1.29 is 9.59 Å². The van der Waals surface area contributed by atoms with Gasteiger partial charge in [0.2, 0.25) is 5.91 Å². The van der Waals surface area contributed by atoms with E-state index in [1.54, 1.807) is 16.9 Å². The molecular weight excluding hydrogens is 314 g/mol. The van der Waals surface area contributed by atoms with Crippen LogP contribution >= 0.6 is 0 Å². The molecule has 5 heteroatoms. The standard InChI is InChI=1S/C20H27N3O2/c1-4-6-16-7-9-17(10-8-16)18(24)11-12-20(25)22-19-13-14-21-23(19)15(3)5-2/h7-10,13-15H,4-6,11-12H2,1-3H3,(H,22,25). The molecule has 1 aromatic carbocycles. The number of amides is 1. The number of carbonyl (C=O) groups is 2. The molecule has 2 aromatic rings. The number of hydrogen-bond acceptors (Lipinski definition) is 3. The molecule has 0 aliphatic rings. The highest BCUT2D eigenvalue weighted by atomic mass is 16.2. The third-order valence-corrected chi connectivity index (χ3v) is 4.34. The summed E-state index contributed by atoms with van der Waals surface area (Å²) in [5, 5.41) is 7.09. The smallest absolute Gasteiger partial charge is 0.225 e. The average molecular weight is 341 g/mol. The Morgan fingerprint density at radius 3 is 2.48 bits per heavy atom. The molecule has 0 spiro atoms. The third-order valence-electron chi connectivity index (χ3n) is 4.34. The average Bonchev–Trinajstić information content (AvgIpc) is 3.08. The summed E-state index contributed by atoms with van der Waals surface area (Å²) in [6.45, 7) is 6.25. The van der Waals surface area contributed by atoms with E-state index < -0.39 is 0 Å². The molecule has 1 aromatic heterocycles. The van der Waals surface area contributed by atoms with Crippen molar-refractivity contribution in [3.05, 3.63) is 47.7 Å². The maximum absolute atomic E-state index is 12.2. The number of carbonyl (C=O) groups excluding carboxylic acids is 2. The first-order valence-electron chi connectivity index (χ1n) is 9.00. The number of hydrogen-bond donors (Lipinski definition) is 1. The van der Waals surface area contributed by atoms with Crippen molar-refractivity contribution in [3.8, 4) is 0 Å². The van der Waals surface area contributed by atoms with Crippen LogP contribution in [0.25, 0.3) is 0 Å². The fourth-order valence-corrected chi connectivity index (χ4v) is 2.66. The first-order valence-corrected chi connectivity index (χ1v) is 9.00. The lowest BCUT2D eigenvalue weighted by atomic mass is 10.0. The van der Waals surface area contributed by atoms with E-state index in [2.05, 4.69) is 24.3 Å². The van der Waals surface area contributed by atoms with E-state index >= 15 is 0 Å². The molecule has 0 aliphatic carbocycles. The summed E-state index contributed by atoms with van der Waals surface area (Å²) in [6.07, 6.45) is 5.07. The highest BCUT2D eigenvalue weighted by Crippen LogP contribution is 2.17. The van der Waals surface area contributed by atoms with Gasteiger partial charge in [0.05, 0.1) is 12.2 Å². The lowest BCUT2D eigenvalue weighted by molar-refractivity contribution is -0.116. The summed E-state index contributed by atoms with van der Waals surface area (Å²) >= 11 is 0. The Balaban J connectivity index is 1.87. The summed E-state index contributed by atoms with van der Waals surface area (Å²) in [7, 11) is 0. The number of rotatable bonds is 9. The van der Waals surface area contributed by atoms with Gasteiger partial charge in [-0.3, -0.25) is 9.59 Å². The van der Waals surface area contributed by atoms with Crippen LogP contribution in [0.5, 0.6) is 0 Å². The van der Waals surface area contributed by atoms with Gasteiger partial charge in [0.1, 0.15) is 5.82 Å². The second-order valence-corrected chi connectivity index (χ2v) is 6.34. The molecule has 1 N–H and O–H groups in total. The minimum absolute atomic E-state index is 0.00590. The van der Waals surface area contributed by atoms with E-state index in [0.717, 1.165) is 19.3 Å². The predicted octanol–water partition coefficient (Wildman–Crippen LogP) is 4.41. The van der Waals surface area contributed by atoms with Crippen LogP contribution in [-0.4, -0.2) is 21.5 Å². The van der Waals surface area contributed by atoms with E-state index in [-0.39, 0.29) is 30.6 Å². The molecule has 1 amide bonds. The van der Waals surface area contributed by atoms with Gasteiger partial charge in [-0.05, 0) is 25.3 Å². The largest absolute Gasteiger partial charge is 0.311 e. The summed E-state index contributed by atoms with van der Waals surface area (Å²) < 4.78 is 1.80. The Bertz CT molecular complexity index is 704. The normalized spacial score (nSPS) is 12.0. The van der Waals surface area contributed by atoms with Crippen molar-refractivity contribution in [2.75, 3.05) is 5.32 Å². The molecule has 2 rings (SSSR count). The van der Waals surface area contributed by atoms with Crippen molar-refractivity contribution in [2.24, 2.45) is 0 Å². The van der Waals surface area contributed by atoms with E-state index in [0.29, 0.717) is 11.4 Å². The molecule has 0 bridgehead atoms. The predicted molar refractivity (Wildman–Crippen MR) is 99.9 cm³/mol. The zero-order chi connectivity index (χ0) is 18.2. The van der Waals surface area contributed by atoms with E-state index in [1.807, 2.05) is 31.2 Å². The minimum atomic E-state index is -0.166. The van der Waals surface area contributed by atoms with Crippen LogP contribution in [0.1, 0.15) is 68.4 Å². The summed E-state index contributed by atoms with van der Waals surface area (Å²) in [5.41, 5.74) is 1.90. The second kappa shape index (κ2) is 9.16. The summed E-state index contributed by atoms with van der Waals surface area (Å²) in [6, 6.07) is 9.67. The number of aromatic nitrogens is 2. The summed E-state index contributed by atoms with van der Waals surface area (Å²) in [4.78, 5) is 24.4. The van der Waals surface area contributed by atoms with Crippen LogP contribution in [0.4, 0.5) is 5.82 Å². The van der Waals surface area contributed by atoms with Gasteiger partial charge in [-0.15, -0.1) is 0 Å². The van der Waals surface area contributed by atoms with Crippen LogP contribution in [0, 0.1) is 0 Å². The molecule has 5 nitrogen and oxygen atoms in total. The minimum Gasteiger partial charge on any atom is -0.311 e. The number of nitrogens with one attached hydrogen (secondary N) is 1. The quantitative estimate of drug-likeness (QED) is 0.687. The molecule has 25 heavy (non-hydrogen) atoms. The van der Waals surface area contributed by atoms with Crippen molar-refractivity contribution in [3.63, 3.8) is 0 Å². The number of Topliss-reactive ketones (excluding diaryl/α,β-unsaturated/α-hetero) is 1. The number of benzene rings is 1. The van der Waals surface area contributed by atoms with Crippen LogP contribution in [0.15, 0.2) is 36.5 Å². The van der Waals surface area contributed by atoms with Gasteiger partial charge in [-0.25, -0.2) is 4.68 Å². The molecule has 134 valence electrons. The Hall–Kier alpha value is -2.43. The van der Waals surface area contributed by atoms with Gasteiger partial charge in [0, 0.05) is 24.5 Å². The SMILES string of the molecule is CCCc1ccc(C(=O)CCC(=O)Nc2ccnn2C(C)CC)cc1. The Labute approximate surface area is 149 Å². The Morgan fingerprint density at radius 1 is 1.12 bits per heavy atom. The molecule has 0 saturated carbocycles. The van der Waals surface area contributed by atoms with Crippen molar-refractivity contribution in [1.29, 1.82) is 0 Å². The first kappa shape index (κ1) is 18.9. The maximum atomic E-state index is 12.2. The van der Waals surface area contributed by atoms with Crippen molar-refractivity contribution >= 4 is 17.5 Å².